The first-order valence-corrected chi connectivity index (χ1v) is 13.1. The summed E-state index contributed by atoms with van der Waals surface area (Å²) < 4.78 is 6.19. The molecule has 1 N–H and O–H groups in total. The Balaban J connectivity index is 1.42. The average Bonchev–Trinajstić information content (AvgIpc) is 3.55. The van der Waals surface area contributed by atoms with Gasteiger partial charge in [0, 0.05) is 23.5 Å². The number of rotatable bonds is 3. The van der Waals surface area contributed by atoms with Crippen molar-refractivity contribution in [1.82, 2.24) is 0 Å². The summed E-state index contributed by atoms with van der Waals surface area (Å²) in [5.74, 6) is 2.35. The van der Waals surface area contributed by atoms with E-state index in [-0.39, 0.29) is 41.1 Å². The Morgan fingerprint density at radius 2 is 2.03 bits per heavy atom. The second-order valence-corrected chi connectivity index (χ2v) is 12.4. The number of aliphatic hydroxyl groups excluding tert-OH is 1. The number of hydrogen-bond donors (Lipinski definition) is 1. The number of carbonyl (C=O) groups excluding carboxylic acids is 1. The van der Waals surface area contributed by atoms with E-state index in [0.717, 1.165) is 25.7 Å². The standard InChI is InChI=1S/C29H39NO3/c1-17-6-5-13-30-25(17)23-15-22-20-8-7-18-14-19(32)9-11-27(18,2)21(20)10-12-28(22,3)29(23,4)26-24(16-31)33-26/h5-6,10,13-14,17,20,22-26,31H,7-9,11-12,15-16H2,1-4H3/t17?,20?,22?,23-,24?,25?,26?,27+,28+,29-/m1/s1. The van der Waals surface area contributed by atoms with Crippen LogP contribution in [0.5, 0.6) is 0 Å². The van der Waals surface area contributed by atoms with Crippen molar-refractivity contribution < 1.29 is 14.6 Å². The molecule has 0 bridgehead atoms. The second-order valence-electron chi connectivity index (χ2n) is 12.4. The zero-order valence-electron chi connectivity index (χ0n) is 20.6. The third-order valence-electron chi connectivity index (χ3n) is 11.3. The van der Waals surface area contributed by atoms with E-state index < -0.39 is 0 Å². The maximum Gasteiger partial charge on any atom is 0.155 e. The second kappa shape index (κ2) is 7.24. The van der Waals surface area contributed by atoms with Crippen LogP contribution in [-0.4, -0.2) is 42.0 Å². The molecular formula is C29H39NO3. The molecule has 4 heteroatoms. The summed E-state index contributed by atoms with van der Waals surface area (Å²) in [6.07, 6.45) is 17.1. The minimum absolute atomic E-state index is 0.0198. The Morgan fingerprint density at radius 3 is 2.76 bits per heavy atom. The van der Waals surface area contributed by atoms with Crippen molar-refractivity contribution in [1.29, 1.82) is 0 Å². The van der Waals surface area contributed by atoms with Gasteiger partial charge < -0.3 is 9.84 Å². The number of ether oxygens (including phenoxy) is 1. The molecule has 0 aromatic carbocycles. The fourth-order valence-electron chi connectivity index (χ4n) is 9.14. The Kier molecular flexibility index (Phi) is 4.82. The molecule has 10 atom stereocenters. The van der Waals surface area contributed by atoms with Crippen LogP contribution in [-0.2, 0) is 9.53 Å². The van der Waals surface area contributed by atoms with Crippen LogP contribution < -0.4 is 0 Å². The van der Waals surface area contributed by atoms with E-state index in [4.69, 9.17) is 9.73 Å². The summed E-state index contributed by atoms with van der Waals surface area (Å²) in [4.78, 5) is 17.2. The predicted molar refractivity (Wildman–Crippen MR) is 130 cm³/mol. The number of hydrogen-bond acceptors (Lipinski definition) is 4. The van der Waals surface area contributed by atoms with Crippen LogP contribution in [0.3, 0.4) is 0 Å². The Hall–Kier alpha value is -1.52. The summed E-state index contributed by atoms with van der Waals surface area (Å²) in [6, 6.07) is 0.274. The van der Waals surface area contributed by atoms with E-state index in [9.17, 15) is 9.90 Å². The molecule has 2 saturated carbocycles. The lowest BCUT2D eigenvalue weighted by Crippen LogP contribution is -2.51. The molecule has 6 unspecified atom stereocenters. The first-order chi connectivity index (χ1) is 15.7. The van der Waals surface area contributed by atoms with Crippen molar-refractivity contribution in [2.24, 2.45) is 44.9 Å². The van der Waals surface area contributed by atoms with Gasteiger partial charge in [-0.2, -0.15) is 0 Å². The topological polar surface area (TPSA) is 62.2 Å². The van der Waals surface area contributed by atoms with Crippen LogP contribution in [0.4, 0.5) is 0 Å². The van der Waals surface area contributed by atoms with Crippen LogP contribution in [0.25, 0.3) is 0 Å². The van der Waals surface area contributed by atoms with Crippen LogP contribution in [0.15, 0.2) is 40.4 Å². The molecule has 33 heavy (non-hydrogen) atoms. The summed E-state index contributed by atoms with van der Waals surface area (Å²) in [5, 5.41) is 9.94. The number of epoxide rings is 1. The van der Waals surface area contributed by atoms with Crippen molar-refractivity contribution in [3.8, 4) is 0 Å². The minimum atomic E-state index is -0.0281. The monoisotopic (exact) mass is 449 g/mol. The van der Waals surface area contributed by atoms with E-state index in [1.54, 1.807) is 5.57 Å². The largest absolute Gasteiger partial charge is 0.394 e. The van der Waals surface area contributed by atoms with Crippen molar-refractivity contribution in [2.75, 3.05) is 6.61 Å². The molecule has 0 amide bonds. The molecule has 0 radical (unpaired) electrons. The first kappa shape index (κ1) is 22.0. The molecule has 0 aromatic rings. The molecule has 3 fully saturated rings. The highest BCUT2D eigenvalue weighted by atomic mass is 16.6. The Labute approximate surface area is 198 Å². The molecule has 6 rings (SSSR count). The van der Waals surface area contributed by atoms with Crippen LogP contribution in [0.1, 0.15) is 66.2 Å². The number of allylic oxidation sites excluding steroid dienone is 5. The van der Waals surface area contributed by atoms with Gasteiger partial charge in [-0.3, -0.25) is 9.79 Å². The number of dihydropyridines is 1. The molecule has 178 valence electrons. The lowest BCUT2D eigenvalue weighted by Gasteiger charge is -2.56. The lowest BCUT2D eigenvalue weighted by atomic mass is 9.48. The van der Waals surface area contributed by atoms with Gasteiger partial charge in [0.05, 0.1) is 18.8 Å². The fourth-order valence-corrected chi connectivity index (χ4v) is 9.14. The third kappa shape index (κ3) is 2.83. The summed E-state index contributed by atoms with van der Waals surface area (Å²) >= 11 is 0. The first-order valence-electron chi connectivity index (χ1n) is 13.1. The molecule has 0 aromatic heterocycles. The van der Waals surface area contributed by atoms with E-state index in [2.05, 4.69) is 45.9 Å². The third-order valence-corrected chi connectivity index (χ3v) is 11.3. The van der Waals surface area contributed by atoms with Gasteiger partial charge in [0.1, 0.15) is 6.10 Å². The highest BCUT2D eigenvalue weighted by Crippen LogP contribution is 2.73. The summed E-state index contributed by atoms with van der Waals surface area (Å²) in [6.45, 7) is 9.81. The van der Waals surface area contributed by atoms with Gasteiger partial charge in [-0.25, -0.2) is 0 Å². The van der Waals surface area contributed by atoms with Crippen molar-refractivity contribution in [3.05, 3.63) is 35.5 Å². The van der Waals surface area contributed by atoms with Crippen molar-refractivity contribution >= 4 is 12.0 Å². The number of fused-ring (bicyclic) bond motifs is 5. The molecular weight excluding hydrogens is 410 g/mol. The predicted octanol–water partition coefficient (Wildman–Crippen LogP) is 5.08. The summed E-state index contributed by atoms with van der Waals surface area (Å²) in [7, 11) is 0. The van der Waals surface area contributed by atoms with Crippen molar-refractivity contribution in [2.45, 2.75) is 84.5 Å². The van der Waals surface area contributed by atoms with Gasteiger partial charge in [-0.1, -0.05) is 51.0 Å². The average molecular weight is 450 g/mol. The minimum Gasteiger partial charge on any atom is -0.394 e. The normalized spacial score (nSPS) is 52.5. The van der Waals surface area contributed by atoms with E-state index in [1.807, 2.05) is 12.3 Å². The zero-order chi connectivity index (χ0) is 23.2. The maximum atomic E-state index is 12.2. The molecule has 0 spiro atoms. The van der Waals surface area contributed by atoms with Crippen LogP contribution >= 0.6 is 0 Å². The quantitative estimate of drug-likeness (QED) is 0.483. The summed E-state index contributed by atoms with van der Waals surface area (Å²) in [5.41, 5.74) is 3.17. The molecule has 4 nitrogen and oxygen atoms in total. The van der Waals surface area contributed by atoms with Gasteiger partial charge in [-0.05, 0) is 73.3 Å². The molecule has 6 aliphatic rings. The van der Waals surface area contributed by atoms with Crippen LogP contribution in [0, 0.1) is 39.9 Å². The fraction of sp³-hybridized carbons (Fsp3) is 0.724. The maximum absolute atomic E-state index is 12.2. The number of carbonyl (C=O) groups is 1. The van der Waals surface area contributed by atoms with Gasteiger partial charge in [-0.15, -0.1) is 0 Å². The van der Waals surface area contributed by atoms with E-state index in [0.29, 0.717) is 35.9 Å². The number of nitrogens with zero attached hydrogens (tertiary/aromatic N) is 1. The Bertz CT molecular complexity index is 993. The van der Waals surface area contributed by atoms with Crippen LogP contribution in [0.2, 0.25) is 0 Å². The van der Waals surface area contributed by atoms with E-state index >= 15 is 0 Å². The number of aliphatic hydroxyl groups is 1. The SMILES string of the molecule is CC1C=CC=NC1[C@H]1CC2C3CCC4=CC(=O)CC[C@]4(C)C3=CC[C@]2(C)[C@@]1(C)C1OC1CO. The van der Waals surface area contributed by atoms with Gasteiger partial charge in [0.2, 0.25) is 0 Å². The molecule has 2 heterocycles. The van der Waals surface area contributed by atoms with Crippen molar-refractivity contribution in [3.63, 3.8) is 0 Å². The van der Waals surface area contributed by atoms with Gasteiger partial charge in [0.25, 0.3) is 0 Å². The highest BCUT2D eigenvalue weighted by Gasteiger charge is 2.72. The number of ketones is 1. The molecule has 1 saturated heterocycles. The molecule has 2 aliphatic heterocycles. The highest BCUT2D eigenvalue weighted by molar-refractivity contribution is 5.92. The Morgan fingerprint density at radius 1 is 1.21 bits per heavy atom. The number of aliphatic imine (C=N–C) groups is 1. The smallest absolute Gasteiger partial charge is 0.155 e. The lowest BCUT2D eigenvalue weighted by molar-refractivity contribution is -0.115. The zero-order valence-corrected chi connectivity index (χ0v) is 20.6. The van der Waals surface area contributed by atoms with Gasteiger partial charge in [0.15, 0.2) is 5.78 Å². The van der Waals surface area contributed by atoms with Gasteiger partial charge >= 0.3 is 0 Å². The molecule has 4 aliphatic carbocycles. The van der Waals surface area contributed by atoms with E-state index in [1.165, 1.54) is 12.0 Å².